The van der Waals surface area contributed by atoms with Crippen molar-refractivity contribution in [1.82, 2.24) is 0 Å². The van der Waals surface area contributed by atoms with Gasteiger partial charge in [0, 0.05) is 18.7 Å². The summed E-state index contributed by atoms with van der Waals surface area (Å²) in [6.45, 7) is 0.0632. The van der Waals surface area contributed by atoms with Crippen LogP contribution in [-0.2, 0) is 9.84 Å². The minimum atomic E-state index is -3.78. The summed E-state index contributed by atoms with van der Waals surface area (Å²) >= 11 is 0. The summed E-state index contributed by atoms with van der Waals surface area (Å²) in [7, 11) is -3.78. The number of Topliss-reactive ketones (excluding diaryl/α,β-unsaturated/α-hetero) is 1. The van der Waals surface area contributed by atoms with Crippen LogP contribution in [0.1, 0.15) is 16.8 Å². The number of carbonyl (C=O) groups excluding carboxylic acids is 1. The van der Waals surface area contributed by atoms with Crippen LogP contribution in [0.2, 0.25) is 0 Å². The van der Waals surface area contributed by atoms with Crippen LogP contribution >= 0.6 is 0 Å². The van der Waals surface area contributed by atoms with Crippen LogP contribution in [0.3, 0.4) is 0 Å². The molecule has 1 rings (SSSR count). The fourth-order valence-electron chi connectivity index (χ4n) is 1.32. The van der Waals surface area contributed by atoms with E-state index in [4.69, 9.17) is 5.73 Å². The minimum Gasteiger partial charge on any atom is -0.507 e. The zero-order valence-electron chi connectivity index (χ0n) is 9.10. The summed E-state index contributed by atoms with van der Waals surface area (Å²) in [5.74, 6) is -2.17. The molecule has 5 nitrogen and oxygen atoms in total. The van der Waals surface area contributed by atoms with Crippen molar-refractivity contribution < 1.29 is 22.7 Å². The van der Waals surface area contributed by atoms with Crippen LogP contribution < -0.4 is 5.73 Å². The lowest BCUT2D eigenvalue weighted by Crippen LogP contribution is -2.10. The highest BCUT2D eigenvalue weighted by molar-refractivity contribution is 7.90. The van der Waals surface area contributed by atoms with Gasteiger partial charge in [0.05, 0.1) is 5.56 Å². The van der Waals surface area contributed by atoms with E-state index in [2.05, 4.69) is 0 Å². The number of carbonyl (C=O) groups is 1. The van der Waals surface area contributed by atoms with Gasteiger partial charge in [-0.1, -0.05) is 0 Å². The van der Waals surface area contributed by atoms with Gasteiger partial charge in [-0.25, -0.2) is 12.8 Å². The average molecular weight is 261 g/mol. The quantitative estimate of drug-likeness (QED) is 0.768. The highest BCUT2D eigenvalue weighted by Gasteiger charge is 2.20. The number of halogens is 1. The van der Waals surface area contributed by atoms with Crippen molar-refractivity contribution >= 4 is 15.6 Å². The molecule has 0 spiro atoms. The van der Waals surface area contributed by atoms with Gasteiger partial charge in [-0.05, 0) is 12.6 Å². The molecule has 0 unspecified atom stereocenters. The molecule has 0 fully saturated rings. The summed E-state index contributed by atoms with van der Waals surface area (Å²) in [5, 5.41) is 9.48. The molecule has 7 heteroatoms. The fourth-order valence-corrected chi connectivity index (χ4v) is 2.05. The molecule has 3 N–H and O–H groups in total. The first-order valence-corrected chi connectivity index (χ1v) is 6.62. The van der Waals surface area contributed by atoms with Crippen molar-refractivity contribution in [3.05, 3.63) is 23.5 Å². The van der Waals surface area contributed by atoms with Gasteiger partial charge in [0.15, 0.2) is 15.6 Å². The number of rotatable bonds is 4. The summed E-state index contributed by atoms with van der Waals surface area (Å²) < 4.78 is 35.8. The molecule has 0 aliphatic carbocycles. The maximum atomic E-state index is 13.5. The number of benzene rings is 1. The third kappa shape index (κ3) is 3.01. The zero-order chi connectivity index (χ0) is 13.2. The van der Waals surface area contributed by atoms with Crippen molar-refractivity contribution in [3.8, 4) is 5.75 Å². The number of hydrogen-bond donors (Lipinski definition) is 2. The van der Waals surface area contributed by atoms with Crippen molar-refractivity contribution in [2.45, 2.75) is 11.3 Å². The summed E-state index contributed by atoms with van der Waals surface area (Å²) in [4.78, 5) is 10.8. The van der Waals surface area contributed by atoms with E-state index in [0.29, 0.717) is 6.07 Å². The monoisotopic (exact) mass is 261 g/mol. The van der Waals surface area contributed by atoms with E-state index in [1.165, 1.54) is 0 Å². The average Bonchev–Trinajstić information content (AvgIpc) is 2.19. The first kappa shape index (κ1) is 13.6. The third-order valence-electron chi connectivity index (χ3n) is 2.12. The lowest BCUT2D eigenvalue weighted by Gasteiger charge is -2.06. The molecule has 0 amide bonds. The maximum Gasteiger partial charge on any atom is 0.178 e. The number of phenols is 1. The normalized spacial score (nSPS) is 11.5. The van der Waals surface area contributed by atoms with Crippen LogP contribution in [0.15, 0.2) is 17.0 Å². The number of nitrogens with two attached hydrogens (primary N) is 1. The molecule has 1 aromatic rings. The van der Waals surface area contributed by atoms with Crippen molar-refractivity contribution in [2.24, 2.45) is 5.73 Å². The number of sulfone groups is 1. The van der Waals surface area contributed by atoms with Gasteiger partial charge in [0.25, 0.3) is 0 Å². The second-order valence-corrected chi connectivity index (χ2v) is 5.52. The number of ketones is 1. The van der Waals surface area contributed by atoms with E-state index in [1.54, 1.807) is 0 Å². The van der Waals surface area contributed by atoms with Crippen LogP contribution in [0.25, 0.3) is 0 Å². The molecule has 0 aromatic heterocycles. The number of hydrogen-bond acceptors (Lipinski definition) is 5. The first-order chi connectivity index (χ1) is 7.77. The Morgan fingerprint density at radius 3 is 2.53 bits per heavy atom. The molecule has 0 bridgehead atoms. The molecular formula is C10H12FNO4S. The second kappa shape index (κ2) is 4.80. The molecule has 0 aliphatic rings. The Kier molecular flexibility index (Phi) is 3.84. The summed E-state index contributed by atoms with van der Waals surface area (Å²) in [6, 6.07) is 1.44. The van der Waals surface area contributed by atoms with E-state index in [-0.39, 0.29) is 18.5 Å². The lowest BCUT2D eigenvalue weighted by molar-refractivity contribution is 0.0982. The predicted molar refractivity (Wildman–Crippen MR) is 59.2 cm³/mol. The Morgan fingerprint density at radius 1 is 1.47 bits per heavy atom. The Balaban J connectivity index is 3.33. The van der Waals surface area contributed by atoms with E-state index in [0.717, 1.165) is 12.3 Å². The van der Waals surface area contributed by atoms with E-state index in [1.807, 2.05) is 0 Å². The largest absolute Gasteiger partial charge is 0.507 e. The smallest absolute Gasteiger partial charge is 0.178 e. The van der Waals surface area contributed by atoms with Crippen LogP contribution in [-0.4, -0.2) is 32.1 Å². The molecule has 94 valence electrons. The van der Waals surface area contributed by atoms with Crippen molar-refractivity contribution in [3.63, 3.8) is 0 Å². The van der Waals surface area contributed by atoms with Crippen LogP contribution in [0, 0.1) is 5.82 Å². The van der Waals surface area contributed by atoms with Gasteiger partial charge in [-0.3, -0.25) is 4.79 Å². The molecule has 0 aliphatic heterocycles. The van der Waals surface area contributed by atoms with E-state index in [9.17, 15) is 22.7 Å². The van der Waals surface area contributed by atoms with Gasteiger partial charge in [0.2, 0.25) is 0 Å². The molecule has 0 saturated heterocycles. The molecule has 17 heavy (non-hydrogen) atoms. The molecule has 0 radical (unpaired) electrons. The predicted octanol–water partition coefficient (Wildman–Crippen LogP) is 0.466. The van der Waals surface area contributed by atoms with E-state index >= 15 is 0 Å². The Morgan fingerprint density at radius 2 is 2.06 bits per heavy atom. The first-order valence-electron chi connectivity index (χ1n) is 4.73. The zero-order valence-corrected chi connectivity index (χ0v) is 9.92. The summed E-state index contributed by atoms with van der Waals surface area (Å²) in [6.07, 6.45) is 0.761. The second-order valence-electron chi connectivity index (χ2n) is 3.53. The molecular weight excluding hydrogens is 249 g/mol. The van der Waals surface area contributed by atoms with Gasteiger partial charge in [-0.15, -0.1) is 0 Å². The molecule has 1 aromatic carbocycles. The third-order valence-corrected chi connectivity index (χ3v) is 3.23. The number of phenolic OH excluding ortho intramolecular Hbond substituents is 1. The van der Waals surface area contributed by atoms with E-state index < -0.39 is 32.1 Å². The van der Waals surface area contributed by atoms with Crippen LogP contribution in [0.4, 0.5) is 4.39 Å². The van der Waals surface area contributed by atoms with Gasteiger partial charge < -0.3 is 10.8 Å². The molecule has 0 heterocycles. The molecule has 0 saturated carbocycles. The summed E-state index contributed by atoms with van der Waals surface area (Å²) in [5.41, 5.74) is 4.90. The highest BCUT2D eigenvalue weighted by Crippen LogP contribution is 2.25. The fraction of sp³-hybridized carbons (Fsp3) is 0.300. The van der Waals surface area contributed by atoms with Gasteiger partial charge >= 0.3 is 0 Å². The van der Waals surface area contributed by atoms with Crippen molar-refractivity contribution in [1.29, 1.82) is 0 Å². The number of aromatic hydroxyl groups is 1. The maximum absolute atomic E-state index is 13.5. The Labute approximate surface area is 98.0 Å². The van der Waals surface area contributed by atoms with Crippen molar-refractivity contribution in [2.75, 3.05) is 12.8 Å². The Hall–Kier alpha value is -1.47. The van der Waals surface area contributed by atoms with Gasteiger partial charge in [0.1, 0.15) is 16.5 Å². The highest BCUT2D eigenvalue weighted by atomic mass is 32.2. The topological polar surface area (TPSA) is 97.5 Å². The standard InChI is InChI=1S/C10H12FNO4S/c1-17(15,16)10-5-9(14)6(4-7(10)11)8(13)2-3-12/h4-5,14H,2-3,12H2,1H3. The van der Waals surface area contributed by atoms with Crippen LogP contribution in [0.5, 0.6) is 5.75 Å². The van der Waals surface area contributed by atoms with Gasteiger partial charge in [-0.2, -0.15) is 0 Å². The minimum absolute atomic E-state index is 0.0504. The SMILES string of the molecule is CS(=O)(=O)c1cc(O)c(C(=O)CCN)cc1F. The molecule has 0 atom stereocenters. The lowest BCUT2D eigenvalue weighted by atomic mass is 10.1. The Bertz CT molecular complexity index is 554.